The maximum absolute atomic E-state index is 14.7. The molecule has 5 atom stereocenters. The molecule has 0 amide bonds. The Balaban J connectivity index is 1.95. The first-order valence-electron chi connectivity index (χ1n) is 11.9. The number of methoxy groups -OCH3 is 1. The number of carbonyl (C=O) groups excluding carboxylic acids is 1. The molecule has 38 heavy (non-hydrogen) atoms. The van der Waals surface area contributed by atoms with Crippen molar-refractivity contribution in [2.24, 2.45) is 0 Å². The average molecular weight is 547 g/mol. The van der Waals surface area contributed by atoms with E-state index in [4.69, 9.17) is 18.9 Å². The van der Waals surface area contributed by atoms with Crippen LogP contribution in [0.2, 0.25) is 0 Å². The summed E-state index contributed by atoms with van der Waals surface area (Å²) >= 11 is 0. The van der Waals surface area contributed by atoms with Gasteiger partial charge in [-0.2, -0.15) is 0 Å². The molecule has 1 aromatic heterocycles. The monoisotopic (exact) mass is 546 g/mol. The topological polar surface area (TPSA) is 162 Å². The van der Waals surface area contributed by atoms with Crippen molar-refractivity contribution in [2.45, 2.75) is 70.5 Å². The minimum atomic E-state index is -2.98. The van der Waals surface area contributed by atoms with E-state index in [1.807, 2.05) is 0 Å². The van der Waals surface area contributed by atoms with Crippen LogP contribution in [-0.4, -0.2) is 87.1 Å². The molecule has 1 fully saturated rings. The van der Waals surface area contributed by atoms with E-state index in [9.17, 15) is 34.0 Å². The number of halogens is 2. The highest BCUT2D eigenvalue weighted by Crippen LogP contribution is 2.35. The summed E-state index contributed by atoms with van der Waals surface area (Å²) in [4.78, 5) is 11.5. The average Bonchev–Trinajstić information content (AvgIpc) is 3.16. The lowest BCUT2D eigenvalue weighted by Gasteiger charge is -2.44. The molecule has 1 aliphatic rings. The maximum atomic E-state index is 14.7. The van der Waals surface area contributed by atoms with E-state index in [-0.39, 0.29) is 41.8 Å². The highest BCUT2D eigenvalue weighted by molar-refractivity contribution is 5.59. The molecule has 4 N–H and O–H groups in total. The van der Waals surface area contributed by atoms with Gasteiger partial charge in [0, 0.05) is 29.8 Å². The Morgan fingerprint density at radius 3 is 2.47 bits per heavy atom. The van der Waals surface area contributed by atoms with Crippen molar-refractivity contribution in [3.05, 3.63) is 40.6 Å². The van der Waals surface area contributed by atoms with Crippen LogP contribution in [0.4, 0.5) is 13.6 Å². The van der Waals surface area contributed by atoms with Gasteiger partial charge in [-0.25, -0.2) is 13.6 Å². The van der Waals surface area contributed by atoms with Crippen LogP contribution in [0.15, 0.2) is 12.1 Å². The summed E-state index contributed by atoms with van der Waals surface area (Å²) in [6, 6.07) is 1.61. The normalized spacial score (nSPS) is 25.4. The van der Waals surface area contributed by atoms with Gasteiger partial charge < -0.3 is 44.1 Å². The number of nitrogens with zero attached hydrogens (tertiary/aromatic N) is 2. The van der Waals surface area contributed by atoms with Crippen LogP contribution < -0.4 is 9.47 Å². The summed E-state index contributed by atoms with van der Waals surface area (Å²) < 4.78 is 55.7. The molecular weight excluding hydrogens is 514 g/mol. The zero-order valence-electron chi connectivity index (χ0n) is 21.6. The molecule has 0 aliphatic carbocycles. The van der Waals surface area contributed by atoms with Gasteiger partial charge in [0.05, 0.1) is 13.7 Å². The van der Waals surface area contributed by atoms with E-state index in [1.54, 1.807) is 27.7 Å². The third-order valence-electron chi connectivity index (χ3n) is 6.03. The number of carbonyl (C=O) groups is 1. The molecule has 0 saturated carbocycles. The Bertz CT molecular complexity index is 1140. The molecule has 0 bridgehead atoms. The first-order valence-corrected chi connectivity index (χ1v) is 11.9. The van der Waals surface area contributed by atoms with Crippen LogP contribution >= 0.6 is 0 Å². The highest BCUT2D eigenvalue weighted by atomic mass is 19.1. The number of hydrogen-bond acceptors (Lipinski definition) is 11. The Morgan fingerprint density at radius 1 is 1.18 bits per heavy atom. The van der Waals surface area contributed by atoms with Crippen LogP contribution in [0.3, 0.4) is 0 Å². The summed E-state index contributed by atoms with van der Waals surface area (Å²) in [5.41, 5.74) is 0.612. The minimum absolute atomic E-state index is 0.0145. The first kappa shape index (κ1) is 29.5. The quantitative estimate of drug-likeness (QED) is 0.265. The number of rotatable bonds is 9. The lowest BCUT2D eigenvalue weighted by molar-refractivity contribution is -0.423. The van der Waals surface area contributed by atoms with E-state index < -0.39 is 54.8 Å². The van der Waals surface area contributed by atoms with E-state index in [0.29, 0.717) is 5.69 Å². The van der Waals surface area contributed by atoms with Crippen molar-refractivity contribution in [1.82, 2.24) is 9.78 Å². The van der Waals surface area contributed by atoms with Gasteiger partial charge in [-0.15, -0.1) is 5.10 Å². The fraction of sp³-hybridized carbons (Fsp3) is 0.583. The summed E-state index contributed by atoms with van der Waals surface area (Å²) in [6.07, 6.45) is -8.86. The zero-order chi connectivity index (χ0) is 28.4. The predicted molar refractivity (Wildman–Crippen MR) is 125 cm³/mol. The van der Waals surface area contributed by atoms with E-state index in [0.717, 1.165) is 12.1 Å². The predicted octanol–water partition coefficient (Wildman–Crippen LogP) is 1.33. The van der Waals surface area contributed by atoms with E-state index >= 15 is 0 Å². The number of aromatic nitrogens is 2. The van der Waals surface area contributed by atoms with E-state index in [1.165, 1.54) is 11.8 Å². The molecule has 1 aromatic carbocycles. The Labute approximate surface area is 217 Å². The summed E-state index contributed by atoms with van der Waals surface area (Å²) in [7, 11) is 1.20. The van der Waals surface area contributed by atoms with Gasteiger partial charge in [-0.05, 0) is 39.3 Å². The second-order valence-corrected chi connectivity index (χ2v) is 8.97. The lowest BCUT2D eigenvalue weighted by Crippen LogP contribution is -2.67. The molecule has 2 aromatic rings. The molecule has 14 heteroatoms. The third kappa shape index (κ3) is 5.99. The fourth-order valence-electron chi connectivity index (χ4n) is 4.01. The summed E-state index contributed by atoms with van der Waals surface area (Å²) in [5.74, 6) is -5.15. The van der Waals surface area contributed by atoms with Gasteiger partial charge in [0.1, 0.15) is 30.7 Å². The number of hydrogen-bond donors (Lipinski definition) is 4. The van der Waals surface area contributed by atoms with Crippen LogP contribution in [0.5, 0.6) is 11.6 Å². The summed E-state index contributed by atoms with van der Waals surface area (Å²) in [5, 5.41) is 46.5. The van der Waals surface area contributed by atoms with Crippen molar-refractivity contribution < 1.29 is 57.7 Å². The van der Waals surface area contributed by atoms with Crippen LogP contribution in [0, 0.1) is 18.6 Å². The largest absolute Gasteiger partial charge is 0.508 e. The number of benzene rings is 1. The van der Waals surface area contributed by atoms with Gasteiger partial charge >= 0.3 is 12.1 Å². The van der Waals surface area contributed by atoms with Gasteiger partial charge in [0.25, 0.3) is 0 Å². The van der Waals surface area contributed by atoms with Gasteiger partial charge in [0.15, 0.2) is 17.7 Å². The Hall–Kier alpha value is -3.04. The van der Waals surface area contributed by atoms with Gasteiger partial charge in [-0.1, -0.05) is 0 Å². The van der Waals surface area contributed by atoms with Gasteiger partial charge in [0.2, 0.25) is 5.88 Å². The second-order valence-electron chi connectivity index (χ2n) is 8.97. The van der Waals surface area contributed by atoms with Crippen LogP contribution in [-0.2, 0) is 20.6 Å². The molecule has 0 radical (unpaired) electrons. The van der Waals surface area contributed by atoms with Gasteiger partial charge in [-0.3, -0.25) is 4.68 Å². The lowest BCUT2D eigenvalue weighted by atomic mass is 9.97. The summed E-state index contributed by atoms with van der Waals surface area (Å²) in [6.45, 7) is 6.12. The molecule has 2 heterocycles. The molecule has 1 aliphatic heterocycles. The molecule has 0 unspecified atom stereocenters. The Kier molecular flexibility index (Phi) is 9.15. The molecule has 1 saturated heterocycles. The fourth-order valence-corrected chi connectivity index (χ4v) is 4.01. The van der Waals surface area contributed by atoms with Crippen molar-refractivity contribution in [1.29, 1.82) is 0 Å². The number of ether oxygens (including phenoxy) is 5. The standard InChI is InChI=1S/C24H32F2N2O10/c1-6-35-23(32)36-10-18-19(29)20(30)21(31)24(33,37-18)38-22-14(12(4)28(27-22)11(2)3)7-13-8-16(26)17(34-5)9-15(13)25/h8-9,11,18-21,29-31,33H,6-7,10H2,1-5H3/t18-,19-,20+,21-,24+/m1/s1. The third-order valence-corrected chi connectivity index (χ3v) is 6.03. The maximum Gasteiger partial charge on any atom is 0.508 e. The highest BCUT2D eigenvalue weighted by Gasteiger charge is 2.56. The van der Waals surface area contributed by atoms with Crippen molar-refractivity contribution in [2.75, 3.05) is 20.3 Å². The smallest absolute Gasteiger partial charge is 0.494 e. The molecule has 12 nitrogen and oxygen atoms in total. The van der Waals surface area contributed by atoms with E-state index in [2.05, 4.69) is 9.84 Å². The van der Waals surface area contributed by atoms with Crippen molar-refractivity contribution >= 4 is 6.16 Å². The van der Waals surface area contributed by atoms with Crippen LogP contribution in [0.1, 0.15) is 43.6 Å². The molecule has 3 rings (SSSR count). The van der Waals surface area contributed by atoms with Crippen molar-refractivity contribution in [3.63, 3.8) is 0 Å². The van der Waals surface area contributed by atoms with Crippen molar-refractivity contribution in [3.8, 4) is 11.6 Å². The SMILES string of the molecule is CCOC(=O)OC[C@H]1O[C@](O)(Oc2nn(C(C)C)c(C)c2Cc2cc(F)c(OC)cc2F)[C@H](O)[C@@H](O)[C@@H]1O. The minimum Gasteiger partial charge on any atom is -0.494 e. The molecule has 212 valence electrons. The number of aliphatic hydroxyl groups is 4. The zero-order valence-corrected chi connectivity index (χ0v) is 21.6. The second kappa shape index (κ2) is 11.8. The Morgan fingerprint density at radius 2 is 1.87 bits per heavy atom. The molecular formula is C24H32F2N2O10. The van der Waals surface area contributed by atoms with Crippen LogP contribution in [0.25, 0.3) is 0 Å². The number of aliphatic hydroxyl groups excluding tert-OH is 3. The first-order chi connectivity index (χ1) is 17.8. The molecule has 0 spiro atoms.